The third kappa shape index (κ3) is 6.49. The maximum absolute atomic E-state index is 14.3. The molecule has 3 fully saturated rings. The van der Waals surface area contributed by atoms with E-state index in [1.807, 2.05) is 0 Å². The van der Waals surface area contributed by atoms with Crippen molar-refractivity contribution in [2.75, 3.05) is 51.5 Å². The van der Waals surface area contributed by atoms with Crippen LogP contribution in [-0.2, 0) is 25.6 Å². The van der Waals surface area contributed by atoms with Crippen LogP contribution in [0.2, 0.25) is 0 Å². The van der Waals surface area contributed by atoms with E-state index in [0.717, 1.165) is 12.8 Å². The van der Waals surface area contributed by atoms with Crippen LogP contribution in [0.3, 0.4) is 0 Å². The summed E-state index contributed by atoms with van der Waals surface area (Å²) in [6.07, 6.45) is 13.9. The van der Waals surface area contributed by atoms with E-state index in [2.05, 4.69) is 10.2 Å². The standard InChI is InChI=1S/C39H55N5O8/c1-42(2)27-18-26(41-38(51)22-19-44(20-22)23-14-12-10-8-6-5-7-9-11-13-15-23)32(45)29-24(27)16-21-17-25-31(43(3)4)34(47)30(37(40)50)36(49)39(25,52)35(48)28(21)33(29)46/h18,21-23,25,31,45-46,49,52H,5-17,19-20H2,1-4H3,(H2,40,50)(H,41,51)/t21-,25-,31-,39-/m0/s1. The SMILES string of the molecule is CN(C)c1cc(NC(=O)C2CN(C3CCCCCCCCCCC3)C2)c(O)c2c1C[C@H]1C[C@H]3[C@H](N(C)C)C(=O)C(C(N)=O)=C(O)[C@@]3(O)C(=O)C1=C2O. The molecule has 2 saturated carbocycles. The van der Waals surface area contributed by atoms with Gasteiger partial charge in [0.1, 0.15) is 22.8 Å². The number of phenolic OH excluding ortho intramolecular Hbond substituents is 1. The van der Waals surface area contributed by atoms with Gasteiger partial charge in [0.15, 0.2) is 11.4 Å². The number of amides is 2. The van der Waals surface area contributed by atoms with Crippen LogP contribution in [0.5, 0.6) is 5.75 Å². The van der Waals surface area contributed by atoms with Crippen molar-refractivity contribution >= 4 is 40.5 Å². The third-order valence-corrected chi connectivity index (χ3v) is 12.3. The van der Waals surface area contributed by atoms with E-state index in [0.29, 0.717) is 30.4 Å². The Hall–Kier alpha value is -3.94. The van der Waals surface area contributed by atoms with Crippen LogP contribution in [0.4, 0.5) is 11.4 Å². The van der Waals surface area contributed by atoms with Crippen molar-refractivity contribution in [2.45, 2.75) is 101 Å². The number of rotatable bonds is 6. The van der Waals surface area contributed by atoms with Crippen LogP contribution in [0.15, 0.2) is 23.0 Å². The van der Waals surface area contributed by atoms with E-state index in [4.69, 9.17) is 5.73 Å². The molecule has 1 heterocycles. The lowest BCUT2D eigenvalue weighted by atomic mass is 9.57. The molecule has 6 rings (SSSR count). The molecule has 52 heavy (non-hydrogen) atoms. The highest BCUT2D eigenvalue weighted by Crippen LogP contribution is 2.54. The molecule has 0 bridgehead atoms. The van der Waals surface area contributed by atoms with E-state index in [1.165, 1.54) is 62.7 Å². The number of Topliss-reactive ketones (excluding diaryl/α,β-unsaturated/α-hetero) is 2. The fourth-order valence-corrected chi connectivity index (χ4v) is 9.50. The van der Waals surface area contributed by atoms with Gasteiger partial charge in [0.05, 0.1) is 23.2 Å². The number of carbonyl (C=O) groups excluding carboxylic acids is 4. The number of aliphatic hydroxyl groups is 3. The molecule has 4 atom stereocenters. The normalized spacial score (nSPS) is 28.3. The second kappa shape index (κ2) is 14.8. The van der Waals surface area contributed by atoms with E-state index in [9.17, 15) is 39.6 Å². The fourth-order valence-electron chi connectivity index (χ4n) is 9.50. The Kier molecular flexibility index (Phi) is 10.8. The van der Waals surface area contributed by atoms with Crippen LogP contribution in [0.1, 0.15) is 88.2 Å². The fraction of sp³-hybridized carbons (Fsp3) is 0.641. The molecule has 13 heteroatoms. The van der Waals surface area contributed by atoms with Gasteiger partial charge in [-0.2, -0.15) is 0 Å². The number of primary amides is 1. The number of hydrogen-bond donors (Lipinski definition) is 6. The highest BCUT2D eigenvalue weighted by Gasteiger charge is 2.64. The molecule has 7 N–H and O–H groups in total. The van der Waals surface area contributed by atoms with Gasteiger partial charge >= 0.3 is 0 Å². The molecule has 284 valence electrons. The molecule has 1 aromatic carbocycles. The summed E-state index contributed by atoms with van der Waals surface area (Å²) in [6.45, 7) is 1.27. The van der Waals surface area contributed by atoms with Crippen molar-refractivity contribution < 1.29 is 39.6 Å². The van der Waals surface area contributed by atoms with Gasteiger partial charge < -0.3 is 36.4 Å². The van der Waals surface area contributed by atoms with Crippen molar-refractivity contribution in [1.82, 2.24) is 9.80 Å². The Bertz CT molecular complexity index is 1680. The lowest BCUT2D eigenvalue weighted by Gasteiger charge is -2.50. The van der Waals surface area contributed by atoms with E-state index in [1.54, 1.807) is 39.2 Å². The van der Waals surface area contributed by atoms with Gasteiger partial charge in [-0.15, -0.1) is 0 Å². The summed E-state index contributed by atoms with van der Waals surface area (Å²) in [5, 5.41) is 49.4. The zero-order chi connectivity index (χ0) is 37.6. The smallest absolute Gasteiger partial charge is 0.255 e. The molecule has 0 unspecified atom stereocenters. The van der Waals surface area contributed by atoms with Crippen LogP contribution < -0.4 is 16.0 Å². The summed E-state index contributed by atoms with van der Waals surface area (Å²) in [5.41, 5.74) is 2.79. The Labute approximate surface area is 305 Å². The predicted octanol–water partition coefficient (Wildman–Crippen LogP) is 3.57. The maximum atomic E-state index is 14.3. The van der Waals surface area contributed by atoms with Crippen molar-refractivity contribution in [2.24, 2.45) is 23.5 Å². The maximum Gasteiger partial charge on any atom is 0.255 e. The number of aromatic hydroxyl groups is 1. The first-order valence-electron chi connectivity index (χ1n) is 18.9. The van der Waals surface area contributed by atoms with Gasteiger partial charge in [-0.1, -0.05) is 57.8 Å². The molecule has 2 amide bonds. The van der Waals surface area contributed by atoms with E-state index >= 15 is 0 Å². The minimum Gasteiger partial charge on any atom is -0.508 e. The van der Waals surface area contributed by atoms with Crippen molar-refractivity contribution in [3.63, 3.8) is 0 Å². The van der Waals surface area contributed by atoms with Crippen molar-refractivity contribution in [3.8, 4) is 5.75 Å². The molecule has 0 radical (unpaired) electrons. The van der Waals surface area contributed by atoms with Gasteiger partial charge in [0, 0.05) is 50.4 Å². The molecule has 1 aromatic rings. The van der Waals surface area contributed by atoms with Gasteiger partial charge in [-0.05, 0) is 57.3 Å². The number of anilines is 2. The lowest BCUT2D eigenvalue weighted by Crippen LogP contribution is -2.65. The summed E-state index contributed by atoms with van der Waals surface area (Å²) in [6, 6.07) is 0.965. The Balaban J connectivity index is 1.28. The number of nitrogens with two attached hydrogens (primary N) is 1. The number of nitrogens with one attached hydrogen (secondary N) is 1. The minimum absolute atomic E-state index is 0.00292. The number of likely N-dealkylation sites (N-methyl/N-ethyl adjacent to an activating group) is 1. The molecule has 0 aromatic heterocycles. The highest BCUT2D eigenvalue weighted by atomic mass is 16.3. The van der Waals surface area contributed by atoms with Gasteiger partial charge in [0.2, 0.25) is 11.7 Å². The van der Waals surface area contributed by atoms with Crippen LogP contribution >= 0.6 is 0 Å². The number of nitrogens with zero attached hydrogens (tertiary/aromatic N) is 3. The molecule has 1 aliphatic heterocycles. The zero-order valence-electron chi connectivity index (χ0n) is 30.9. The topological polar surface area (TPSA) is 197 Å². The lowest BCUT2D eigenvalue weighted by molar-refractivity contribution is -0.153. The molecular weight excluding hydrogens is 666 g/mol. The molecule has 0 spiro atoms. The second-order valence-electron chi connectivity index (χ2n) is 16.1. The number of hydrogen-bond acceptors (Lipinski definition) is 11. The summed E-state index contributed by atoms with van der Waals surface area (Å²) in [4.78, 5) is 59.2. The number of ketones is 2. The summed E-state index contributed by atoms with van der Waals surface area (Å²) in [7, 11) is 6.72. The number of benzene rings is 1. The number of phenols is 1. The van der Waals surface area contributed by atoms with Crippen LogP contribution in [-0.4, -0.2) is 113 Å². The van der Waals surface area contributed by atoms with Gasteiger partial charge in [-0.25, -0.2) is 0 Å². The first-order valence-corrected chi connectivity index (χ1v) is 18.9. The van der Waals surface area contributed by atoms with Gasteiger partial charge in [-0.3, -0.25) is 29.0 Å². The molecule has 13 nitrogen and oxygen atoms in total. The average molecular weight is 722 g/mol. The van der Waals surface area contributed by atoms with Crippen LogP contribution in [0.25, 0.3) is 5.76 Å². The zero-order valence-corrected chi connectivity index (χ0v) is 30.9. The number of likely N-dealkylation sites (tertiary alicyclic amines) is 1. The number of fused-ring (bicyclic) bond motifs is 3. The van der Waals surface area contributed by atoms with E-state index in [-0.39, 0.29) is 41.5 Å². The monoisotopic (exact) mass is 721 g/mol. The first-order chi connectivity index (χ1) is 24.7. The Morgan fingerprint density at radius 2 is 1.50 bits per heavy atom. The second-order valence-corrected chi connectivity index (χ2v) is 16.1. The average Bonchev–Trinajstić information content (AvgIpc) is 3.04. The molecule has 5 aliphatic rings. The minimum atomic E-state index is -2.72. The predicted molar refractivity (Wildman–Crippen MR) is 197 cm³/mol. The third-order valence-electron chi connectivity index (χ3n) is 12.3. The molecular formula is C39H55N5O8. The highest BCUT2D eigenvalue weighted by molar-refractivity contribution is 6.24. The first kappa shape index (κ1) is 37.8. The Morgan fingerprint density at radius 1 is 0.923 bits per heavy atom. The quantitative estimate of drug-likeness (QED) is 0.186. The largest absolute Gasteiger partial charge is 0.508 e. The molecule has 1 saturated heterocycles. The van der Waals surface area contributed by atoms with Gasteiger partial charge in [0.25, 0.3) is 5.91 Å². The van der Waals surface area contributed by atoms with Crippen molar-refractivity contribution in [3.05, 3.63) is 34.1 Å². The molecule has 4 aliphatic carbocycles. The van der Waals surface area contributed by atoms with Crippen LogP contribution in [0, 0.1) is 17.8 Å². The van der Waals surface area contributed by atoms with E-state index < -0.39 is 63.8 Å². The summed E-state index contributed by atoms with van der Waals surface area (Å²) in [5.74, 6) is -7.67. The Morgan fingerprint density at radius 3 is 2.04 bits per heavy atom. The number of carbonyl (C=O) groups is 4. The number of aliphatic hydroxyl groups excluding tert-OH is 2. The summed E-state index contributed by atoms with van der Waals surface area (Å²) >= 11 is 0. The van der Waals surface area contributed by atoms with Crippen molar-refractivity contribution in [1.29, 1.82) is 0 Å². The summed E-state index contributed by atoms with van der Waals surface area (Å²) < 4.78 is 0.